The van der Waals surface area contributed by atoms with Crippen LogP contribution in [0.25, 0.3) is 0 Å². The minimum absolute atomic E-state index is 0.0806. The van der Waals surface area contributed by atoms with Gasteiger partial charge < -0.3 is 20.1 Å². The van der Waals surface area contributed by atoms with Crippen molar-refractivity contribution in [2.24, 2.45) is 5.92 Å². The molecule has 0 bridgehead atoms. The summed E-state index contributed by atoms with van der Waals surface area (Å²) in [7, 11) is 0. The number of alkyl halides is 3. The molecule has 0 radical (unpaired) electrons. The van der Waals surface area contributed by atoms with Crippen LogP contribution in [0, 0.1) is 5.92 Å². The van der Waals surface area contributed by atoms with Crippen LogP contribution in [-0.4, -0.2) is 57.5 Å². The molecule has 6 nitrogen and oxygen atoms in total. The second kappa shape index (κ2) is 7.32. The van der Waals surface area contributed by atoms with E-state index in [0.29, 0.717) is 13.0 Å². The van der Waals surface area contributed by atoms with E-state index < -0.39 is 41.9 Å². The molecule has 1 saturated heterocycles. The second-order valence-corrected chi connectivity index (χ2v) is 9.76. The molecule has 3 rings (SSSR count). The van der Waals surface area contributed by atoms with E-state index in [1.807, 2.05) is 0 Å². The average molecular weight is 420 g/mol. The molecule has 2 N–H and O–H groups in total. The van der Waals surface area contributed by atoms with Gasteiger partial charge in [0, 0.05) is 12.6 Å². The Morgan fingerprint density at radius 2 is 1.72 bits per heavy atom. The molecule has 2 amide bonds. The van der Waals surface area contributed by atoms with Crippen molar-refractivity contribution in [2.45, 2.75) is 101 Å². The molecular weight excluding hydrogens is 389 g/mol. The normalized spacial score (nSPS) is 35.3. The number of halogens is 3. The fourth-order valence-corrected chi connectivity index (χ4v) is 4.68. The summed E-state index contributed by atoms with van der Waals surface area (Å²) in [5.41, 5.74) is -3.82. The van der Waals surface area contributed by atoms with Crippen LogP contribution in [0.5, 0.6) is 0 Å². The van der Waals surface area contributed by atoms with Gasteiger partial charge >= 0.3 is 12.3 Å². The minimum Gasteiger partial charge on any atom is -0.444 e. The van der Waals surface area contributed by atoms with E-state index in [1.54, 1.807) is 25.7 Å². The molecule has 3 fully saturated rings. The van der Waals surface area contributed by atoms with Crippen LogP contribution in [0.15, 0.2) is 0 Å². The number of rotatable bonds is 2. The van der Waals surface area contributed by atoms with Crippen molar-refractivity contribution in [1.82, 2.24) is 10.2 Å². The van der Waals surface area contributed by atoms with Crippen LogP contribution in [0.1, 0.15) is 72.1 Å². The Morgan fingerprint density at radius 3 is 2.28 bits per heavy atom. The first-order valence-electron chi connectivity index (χ1n) is 10.4. The molecule has 166 valence electrons. The molecule has 2 aliphatic carbocycles. The molecule has 9 heteroatoms. The van der Waals surface area contributed by atoms with E-state index >= 15 is 0 Å². The summed E-state index contributed by atoms with van der Waals surface area (Å²) >= 11 is 0. The highest BCUT2D eigenvalue weighted by Crippen LogP contribution is 2.54. The number of hydrogen-bond acceptors (Lipinski definition) is 4. The summed E-state index contributed by atoms with van der Waals surface area (Å²) in [5, 5.41) is 12.6. The molecule has 1 spiro atoms. The summed E-state index contributed by atoms with van der Waals surface area (Å²) in [4.78, 5) is 27.1. The van der Waals surface area contributed by atoms with Gasteiger partial charge in [0.05, 0.1) is 11.5 Å². The first kappa shape index (κ1) is 22.2. The summed E-state index contributed by atoms with van der Waals surface area (Å²) in [6, 6.07) is -0.388. The van der Waals surface area contributed by atoms with Gasteiger partial charge in [-0.05, 0) is 72.1 Å². The van der Waals surface area contributed by atoms with Gasteiger partial charge in [-0.25, -0.2) is 4.79 Å². The first-order chi connectivity index (χ1) is 13.3. The van der Waals surface area contributed by atoms with Gasteiger partial charge in [0.2, 0.25) is 5.91 Å². The number of carbonyl (C=O) groups excluding carboxylic acids is 2. The summed E-state index contributed by atoms with van der Waals surface area (Å²) < 4.78 is 44.3. The summed E-state index contributed by atoms with van der Waals surface area (Å²) in [5.74, 6) is -0.582. The lowest BCUT2D eigenvalue weighted by Gasteiger charge is -2.39. The van der Waals surface area contributed by atoms with Crippen molar-refractivity contribution in [1.29, 1.82) is 0 Å². The maximum absolute atomic E-state index is 12.9. The molecule has 2 unspecified atom stereocenters. The zero-order chi connectivity index (χ0) is 21.7. The van der Waals surface area contributed by atoms with Crippen LogP contribution in [-0.2, 0) is 9.53 Å². The van der Waals surface area contributed by atoms with Crippen molar-refractivity contribution in [3.05, 3.63) is 0 Å². The Kier molecular flexibility index (Phi) is 5.60. The predicted molar refractivity (Wildman–Crippen MR) is 99.0 cm³/mol. The van der Waals surface area contributed by atoms with E-state index in [0.717, 1.165) is 19.3 Å². The highest BCUT2D eigenvalue weighted by molar-refractivity contribution is 5.85. The van der Waals surface area contributed by atoms with E-state index in [4.69, 9.17) is 4.74 Å². The number of piperidine rings is 1. The third kappa shape index (κ3) is 4.49. The maximum atomic E-state index is 12.9. The molecule has 29 heavy (non-hydrogen) atoms. The summed E-state index contributed by atoms with van der Waals surface area (Å²) in [6.45, 7) is 5.93. The van der Waals surface area contributed by atoms with Crippen LogP contribution in [0.4, 0.5) is 18.0 Å². The lowest BCUT2D eigenvalue weighted by molar-refractivity contribution is -0.270. The molecule has 0 aromatic heterocycles. The predicted octanol–water partition coefficient (Wildman–Crippen LogP) is 3.52. The zero-order valence-corrected chi connectivity index (χ0v) is 17.3. The van der Waals surface area contributed by atoms with Gasteiger partial charge in [-0.3, -0.25) is 4.79 Å². The third-order valence-corrected chi connectivity index (χ3v) is 6.44. The topological polar surface area (TPSA) is 78.9 Å². The average Bonchev–Trinajstić information content (AvgIpc) is 3.29. The van der Waals surface area contributed by atoms with Crippen LogP contribution >= 0.6 is 0 Å². The number of hydrogen-bond donors (Lipinski definition) is 2. The number of amides is 2. The third-order valence-electron chi connectivity index (χ3n) is 6.44. The van der Waals surface area contributed by atoms with Gasteiger partial charge in [-0.1, -0.05) is 0 Å². The molecular formula is C20H31F3N2O4. The van der Waals surface area contributed by atoms with Crippen molar-refractivity contribution < 1.29 is 32.6 Å². The van der Waals surface area contributed by atoms with Crippen molar-refractivity contribution >= 4 is 12.0 Å². The Labute approximate surface area is 169 Å². The summed E-state index contributed by atoms with van der Waals surface area (Å²) in [6.07, 6.45) is -2.69. The maximum Gasteiger partial charge on any atom is 0.417 e. The smallest absolute Gasteiger partial charge is 0.417 e. The van der Waals surface area contributed by atoms with Crippen LogP contribution in [0.3, 0.4) is 0 Å². The largest absolute Gasteiger partial charge is 0.444 e. The number of nitrogens with one attached hydrogen (secondary N) is 1. The molecule has 2 atom stereocenters. The second-order valence-electron chi connectivity index (χ2n) is 9.76. The molecule has 1 heterocycles. The van der Waals surface area contributed by atoms with Crippen molar-refractivity contribution in [2.75, 3.05) is 6.54 Å². The van der Waals surface area contributed by atoms with Crippen molar-refractivity contribution in [3.63, 3.8) is 0 Å². The van der Waals surface area contributed by atoms with E-state index in [1.165, 1.54) is 0 Å². The lowest BCUT2D eigenvalue weighted by atomic mass is 9.81. The monoisotopic (exact) mass is 420 g/mol. The molecule has 2 saturated carbocycles. The Bertz CT molecular complexity index is 653. The van der Waals surface area contributed by atoms with Gasteiger partial charge in [-0.2, -0.15) is 13.2 Å². The standard InChI is InChI=1S/C20H31F3N2O4/c1-17(2,3)29-16(27)25-11-5-4-8-18(25)12-14(18)15(26)24-13-6-9-19(28,10-7-13)20(21,22)23/h13-14,28H,4-12H2,1-3H3,(H,24,26). The number of ether oxygens (including phenoxy) is 1. The number of aliphatic hydroxyl groups is 1. The van der Waals surface area contributed by atoms with Gasteiger partial charge in [-0.15, -0.1) is 0 Å². The Morgan fingerprint density at radius 1 is 1.10 bits per heavy atom. The quantitative estimate of drug-likeness (QED) is 0.717. The fraction of sp³-hybridized carbons (Fsp3) is 0.900. The van der Waals surface area contributed by atoms with Gasteiger partial charge in [0.25, 0.3) is 0 Å². The number of nitrogens with zero attached hydrogens (tertiary/aromatic N) is 1. The highest BCUT2D eigenvalue weighted by atomic mass is 19.4. The van der Waals surface area contributed by atoms with E-state index in [2.05, 4.69) is 5.32 Å². The first-order valence-corrected chi connectivity index (χ1v) is 10.4. The lowest BCUT2D eigenvalue weighted by Crippen LogP contribution is -2.53. The van der Waals surface area contributed by atoms with Crippen LogP contribution < -0.4 is 5.32 Å². The SMILES string of the molecule is CC(C)(C)OC(=O)N1CCCCC12CC2C(=O)NC1CCC(O)(C(F)(F)F)CC1. The Hall–Kier alpha value is -1.51. The number of carbonyl (C=O) groups is 2. The molecule has 0 aromatic carbocycles. The molecule has 3 aliphatic rings. The Balaban J connectivity index is 1.58. The number of likely N-dealkylation sites (tertiary alicyclic amines) is 1. The van der Waals surface area contributed by atoms with Gasteiger partial charge in [0.15, 0.2) is 5.60 Å². The molecule has 1 aliphatic heterocycles. The zero-order valence-electron chi connectivity index (χ0n) is 17.3. The molecule has 0 aromatic rings. The van der Waals surface area contributed by atoms with Gasteiger partial charge in [0.1, 0.15) is 5.60 Å². The van der Waals surface area contributed by atoms with Crippen LogP contribution in [0.2, 0.25) is 0 Å². The highest BCUT2D eigenvalue weighted by Gasteiger charge is 2.64. The fourth-order valence-electron chi connectivity index (χ4n) is 4.68. The minimum atomic E-state index is -4.65. The van der Waals surface area contributed by atoms with E-state index in [-0.39, 0.29) is 30.7 Å². The van der Waals surface area contributed by atoms with Crippen molar-refractivity contribution in [3.8, 4) is 0 Å². The van der Waals surface area contributed by atoms with E-state index in [9.17, 15) is 27.9 Å².